The monoisotopic (exact) mass is 556 g/mol. The van der Waals surface area contributed by atoms with Gasteiger partial charge in [0.25, 0.3) is 0 Å². The van der Waals surface area contributed by atoms with Gasteiger partial charge in [0, 0.05) is 16.7 Å². The van der Waals surface area contributed by atoms with Crippen molar-refractivity contribution in [2.45, 2.75) is 40.9 Å². The van der Waals surface area contributed by atoms with Gasteiger partial charge in [0.15, 0.2) is 23.1 Å². The van der Waals surface area contributed by atoms with E-state index in [-0.39, 0.29) is 16.2 Å². The predicted octanol–water partition coefficient (Wildman–Crippen LogP) is 3.20. The quantitative estimate of drug-likeness (QED) is 0.324. The third kappa shape index (κ3) is 5.17. The average molecular weight is 557 g/mol. The van der Waals surface area contributed by atoms with Crippen LogP contribution in [0.1, 0.15) is 11.7 Å². The molecular formula is C20H15ClF6N4O4S. The van der Waals surface area contributed by atoms with Crippen molar-refractivity contribution < 1.29 is 46.4 Å². The molecule has 0 aliphatic carbocycles. The minimum Gasteiger partial charge on any atom is -0.394 e. The fraction of sp³-hybridized carbons (Fsp3) is 0.350. The van der Waals surface area contributed by atoms with Crippen LogP contribution in [0.15, 0.2) is 35.5 Å². The maximum Gasteiger partial charge on any atom is 0.434 e. The number of rotatable bonds is 5. The van der Waals surface area contributed by atoms with E-state index < -0.39 is 70.7 Å². The summed E-state index contributed by atoms with van der Waals surface area (Å²) in [6.07, 6.45) is -7.17. The summed E-state index contributed by atoms with van der Waals surface area (Å²) in [6, 6.07) is 1.01. The van der Waals surface area contributed by atoms with E-state index in [4.69, 9.17) is 16.3 Å². The fourth-order valence-electron chi connectivity index (χ4n) is 3.56. The summed E-state index contributed by atoms with van der Waals surface area (Å²) in [5.74, 6) is -4.61. The lowest BCUT2D eigenvalue weighted by Gasteiger charge is -2.41. The van der Waals surface area contributed by atoms with Crippen LogP contribution in [0.4, 0.5) is 26.3 Å². The lowest BCUT2D eigenvalue weighted by molar-refractivity contribution is -0.178. The standard InChI is InChI=1S/C20H15ClF6N4O4S/c21-9-3-8(4-28-18(9)20(25,26)27)36-19-17(34)15(16(33)13(6-32)35-19)31-5-12(29-30-31)7-1-10(22)14(24)11(23)2-7/h1-5,13,15-17,19,32-34H,6H2/t13-,15+,16+,17-,19-/m1/s1. The largest absolute Gasteiger partial charge is 0.434 e. The Morgan fingerprint density at radius 1 is 1.08 bits per heavy atom. The molecule has 36 heavy (non-hydrogen) atoms. The zero-order valence-electron chi connectivity index (χ0n) is 17.6. The van der Waals surface area contributed by atoms with E-state index >= 15 is 0 Å². The number of alkyl halides is 3. The van der Waals surface area contributed by atoms with Crippen molar-refractivity contribution >= 4 is 23.4 Å². The molecule has 1 aromatic carbocycles. The third-order valence-corrected chi connectivity index (χ3v) is 6.69. The van der Waals surface area contributed by atoms with E-state index in [1.54, 1.807) is 0 Å². The van der Waals surface area contributed by atoms with E-state index in [1.165, 1.54) is 0 Å². The molecule has 3 N–H and O–H groups in total. The molecule has 16 heteroatoms. The first-order valence-electron chi connectivity index (χ1n) is 9.99. The van der Waals surface area contributed by atoms with E-state index in [9.17, 15) is 41.7 Å². The first-order chi connectivity index (χ1) is 16.9. The number of hydrogen-bond acceptors (Lipinski definition) is 8. The highest BCUT2D eigenvalue weighted by molar-refractivity contribution is 7.99. The van der Waals surface area contributed by atoms with Crippen molar-refractivity contribution in [1.82, 2.24) is 20.0 Å². The molecule has 0 unspecified atom stereocenters. The van der Waals surface area contributed by atoms with Gasteiger partial charge in [-0.1, -0.05) is 28.6 Å². The maximum absolute atomic E-state index is 13.6. The maximum atomic E-state index is 13.6. The Kier molecular flexibility index (Phi) is 7.50. The van der Waals surface area contributed by atoms with Crippen LogP contribution in [0.2, 0.25) is 5.02 Å². The van der Waals surface area contributed by atoms with Crippen molar-refractivity contribution in [3.63, 3.8) is 0 Å². The molecule has 0 saturated carbocycles. The molecular weight excluding hydrogens is 542 g/mol. The Morgan fingerprint density at radius 3 is 2.33 bits per heavy atom. The Bertz CT molecular complexity index is 1240. The molecule has 0 bridgehead atoms. The number of halogens is 7. The molecule has 1 aliphatic rings. The minimum absolute atomic E-state index is 0.0837. The number of pyridine rings is 1. The highest BCUT2D eigenvalue weighted by Crippen LogP contribution is 2.40. The van der Waals surface area contributed by atoms with Gasteiger partial charge in [-0.3, -0.25) is 0 Å². The molecule has 3 aromatic rings. The summed E-state index contributed by atoms with van der Waals surface area (Å²) >= 11 is 6.41. The van der Waals surface area contributed by atoms with Gasteiger partial charge in [0.2, 0.25) is 0 Å². The summed E-state index contributed by atoms with van der Waals surface area (Å²) in [4.78, 5) is 3.38. The molecule has 5 atom stereocenters. The molecule has 3 heterocycles. The van der Waals surface area contributed by atoms with E-state index in [2.05, 4.69) is 15.3 Å². The average Bonchev–Trinajstić information content (AvgIpc) is 3.28. The Labute approximate surface area is 207 Å². The first-order valence-corrected chi connectivity index (χ1v) is 11.2. The van der Waals surface area contributed by atoms with Crippen LogP contribution in [0.5, 0.6) is 0 Å². The number of nitrogens with zero attached hydrogens (tertiary/aromatic N) is 4. The Balaban J connectivity index is 1.62. The molecule has 1 aliphatic heterocycles. The second kappa shape index (κ2) is 10.1. The van der Waals surface area contributed by atoms with Crippen LogP contribution in [-0.2, 0) is 10.9 Å². The van der Waals surface area contributed by atoms with Gasteiger partial charge in [-0.05, 0) is 18.2 Å². The molecule has 2 aromatic heterocycles. The van der Waals surface area contributed by atoms with Crippen LogP contribution in [-0.4, -0.2) is 65.7 Å². The highest BCUT2D eigenvalue weighted by Gasteiger charge is 2.46. The number of benzene rings is 1. The van der Waals surface area contributed by atoms with Gasteiger partial charge < -0.3 is 20.1 Å². The number of thioether (sulfide) groups is 1. The second-order valence-electron chi connectivity index (χ2n) is 7.65. The SMILES string of the molecule is OC[C@H]1O[C@H](Sc2cnc(C(F)(F)F)c(Cl)c2)[C@H](O)[C@@H](n2cc(-c3cc(F)c(F)c(F)c3)nn2)[C@H]1O. The minimum atomic E-state index is -4.78. The second-order valence-corrected chi connectivity index (χ2v) is 9.23. The van der Waals surface area contributed by atoms with Crippen LogP contribution in [0, 0.1) is 17.5 Å². The van der Waals surface area contributed by atoms with Crippen molar-refractivity contribution in [1.29, 1.82) is 0 Å². The lowest BCUT2D eigenvalue weighted by atomic mass is 9.97. The Morgan fingerprint density at radius 2 is 1.75 bits per heavy atom. The molecule has 8 nitrogen and oxygen atoms in total. The number of aliphatic hydroxyl groups excluding tert-OH is 3. The summed E-state index contributed by atoms with van der Waals surface area (Å²) in [6.45, 7) is -0.705. The highest BCUT2D eigenvalue weighted by atomic mass is 35.5. The zero-order valence-corrected chi connectivity index (χ0v) is 19.1. The van der Waals surface area contributed by atoms with Crippen LogP contribution in [0.25, 0.3) is 11.3 Å². The molecule has 1 fully saturated rings. The van der Waals surface area contributed by atoms with Gasteiger partial charge in [-0.15, -0.1) is 5.10 Å². The normalized spacial score (nSPS) is 24.8. The molecule has 0 spiro atoms. The summed E-state index contributed by atoms with van der Waals surface area (Å²) in [5, 5.41) is 38.0. The van der Waals surface area contributed by atoms with E-state index in [1.807, 2.05) is 0 Å². The van der Waals surface area contributed by atoms with Gasteiger partial charge in [0.05, 0.1) is 17.8 Å². The number of aliphatic hydroxyl groups is 3. The topological polar surface area (TPSA) is 114 Å². The zero-order chi connectivity index (χ0) is 26.4. The summed E-state index contributed by atoms with van der Waals surface area (Å²) in [7, 11) is 0. The molecule has 1 saturated heterocycles. The van der Waals surface area contributed by atoms with Gasteiger partial charge in [-0.2, -0.15) is 13.2 Å². The van der Waals surface area contributed by atoms with Gasteiger partial charge >= 0.3 is 6.18 Å². The number of ether oxygens (including phenoxy) is 1. The lowest BCUT2D eigenvalue weighted by Crippen LogP contribution is -2.55. The number of aromatic nitrogens is 4. The van der Waals surface area contributed by atoms with Crippen LogP contribution >= 0.6 is 23.4 Å². The summed E-state index contributed by atoms with van der Waals surface area (Å²) < 4.78 is 85.7. The van der Waals surface area contributed by atoms with Crippen LogP contribution < -0.4 is 0 Å². The smallest absolute Gasteiger partial charge is 0.394 e. The van der Waals surface area contributed by atoms with E-state index in [0.29, 0.717) is 12.1 Å². The van der Waals surface area contributed by atoms with E-state index in [0.717, 1.165) is 34.9 Å². The summed E-state index contributed by atoms with van der Waals surface area (Å²) in [5.41, 5.74) is -2.85. The van der Waals surface area contributed by atoms with Gasteiger partial charge in [-0.25, -0.2) is 22.8 Å². The molecule has 0 radical (unpaired) electrons. The third-order valence-electron chi connectivity index (χ3n) is 5.28. The molecule has 4 rings (SSSR count). The number of hydrogen-bond donors (Lipinski definition) is 3. The predicted molar refractivity (Wildman–Crippen MR) is 112 cm³/mol. The molecule has 0 amide bonds. The van der Waals surface area contributed by atoms with Gasteiger partial charge in [0.1, 0.15) is 35.5 Å². The van der Waals surface area contributed by atoms with Crippen molar-refractivity contribution in [3.05, 3.63) is 58.8 Å². The van der Waals surface area contributed by atoms with Crippen LogP contribution in [0.3, 0.4) is 0 Å². The fourth-order valence-corrected chi connectivity index (χ4v) is 4.97. The Hall–Kier alpha value is -2.43. The van der Waals surface area contributed by atoms with Crippen molar-refractivity contribution in [3.8, 4) is 11.3 Å². The van der Waals surface area contributed by atoms with Crippen molar-refractivity contribution in [2.75, 3.05) is 6.61 Å². The first kappa shape index (κ1) is 26.6. The van der Waals surface area contributed by atoms with Crippen molar-refractivity contribution in [2.24, 2.45) is 0 Å². The molecule has 194 valence electrons.